The molecule has 0 aliphatic rings. The molecule has 12 nitrogen and oxygen atoms in total. The zero-order valence-electron chi connectivity index (χ0n) is 21.0. The van der Waals surface area contributed by atoms with Crippen LogP contribution in [0.1, 0.15) is 17.5 Å². The number of aliphatic hydroxyl groups excluding tert-OH is 1. The van der Waals surface area contributed by atoms with E-state index in [4.69, 9.17) is 24.3 Å². The largest absolute Gasteiger partial charge is 0.491 e. The first-order valence-corrected chi connectivity index (χ1v) is 14.0. The summed E-state index contributed by atoms with van der Waals surface area (Å²) in [5.41, 5.74) is 10.4. The van der Waals surface area contributed by atoms with Crippen molar-refractivity contribution in [3.63, 3.8) is 0 Å². The van der Waals surface area contributed by atoms with Crippen LogP contribution in [0, 0.1) is 6.92 Å². The molecule has 1 amide bonds. The molecule has 2 N–H and O–H groups in total. The molecule has 0 fully saturated rings. The summed E-state index contributed by atoms with van der Waals surface area (Å²) in [6.45, 7) is 1.35. The summed E-state index contributed by atoms with van der Waals surface area (Å²) in [6.07, 6.45) is -0.0767. The Balaban J connectivity index is 1.86. The minimum absolute atomic E-state index is 0.0122. The van der Waals surface area contributed by atoms with Crippen LogP contribution in [-0.4, -0.2) is 70.2 Å². The second-order valence-corrected chi connectivity index (χ2v) is 10.6. The van der Waals surface area contributed by atoms with Gasteiger partial charge >= 0.3 is 5.97 Å². The maximum atomic E-state index is 12.3. The van der Waals surface area contributed by atoms with E-state index in [9.17, 15) is 18.0 Å². The standard InChI is InChI=1S/C24H30N4O8S2/c1-17-6-8-20(9-7-17)38(32,33)36-13-12-35-19-5-3-4-18(14-19)15-37-16-22(24(31)34-2)26-23(30)21(10-11-29)27-28-25/h3-9,14,21-22,29H,10-13,15-16H2,1-2H3,(H,26,30)/t21-,22+/m0/s1. The van der Waals surface area contributed by atoms with Gasteiger partial charge in [-0.3, -0.25) is 8.98 Å². The average Bonchev–Trinajstić information content (AvgIpc) is 2.90. The van der Waals surface area contributed by atoms with Crippen LogP contribution < -0.4 is 10.1 Å². The SMILES string of the molecule is COC(=O)[C@@H](CSCc1cccc(OCCOS(=O)(=O)c2ccc(C)cc2)c1)NC(=O)[C@H](CCO)N=[N+]=[N-]. The molecule has 38 heavy (non-hydrogen) atoms. The number of thioether (sulfide) groups is 1. The van der Waals surface area contributed by atoms with Gasteiger partial charge < -0.3 is 19.9 Å². The number of aliphatic hydroxyl groups is 1. The van der Waals surface area contributed by atoms with E-state index in [1.807, 2.05) is 13.0 Å². The van der Waals surface area contributed by atoms with E-state index < -0.39 is 34.1 Å². The Morgan fingerprint density at radius 3 is 2.58 bits per heavy atom. The van der Waals surface area contributed by atoms with Crippen LogP contribution >= 0.6 is 11.8 Å². The zero-order valence-corrected chi connectivity index (χ0v) is 22.6. The van der Waals surface area contributed by atoms with E-state index in [1.54, 1.807) is 30.3 Å². The molecule has 0 saturated heterocycles. The lowest BCUT2D eigenvalue weighted by atomic mass is 10.2. The predicted molar refractivity (Wildman–Crippen MR) is 141 cm³/mol. The molecule has 2 aromatic carbocycles. The number of hydrogen-bond acceptors (Lipinski definition) is 10. The Kier molecular flexibility index (Phi) is 12.9. The number of nitrogens with one attached hydrogen (secondary N) is 1. The third-order valence-corrected chi connectivity index (χ3v) is 7.48. The molecule has 0 aromatic heterocycles. The summed E-state index contributed by atoms with van der Waals surface area (Å²) >= 11 is 1.35. The van der Waals surface area contributed by atoms with Crippen molar-refractivity contribution in [3.8, 4) is 5.75 Å². The molecule has 0 bridgehead atoms. The van der Waals surface area contributed by atoms with Crippen molar-refractivity contribution in [2.24, 2.45) is 5.11 Å². The Bertz CT molecular complexity index is 1220. The monoisotopic (exact) mass is 566 g/mol. The third-order valence-electron chi connectivity index (χ3n) is 5.05. The van der Waals surface area contributed by atoms with Gasteiger partial charge in [0.25, 0.3) is 10.1 Å². The molecule has 0 saturated carbocycles. The summed E-state index contributed by atoms with van der Waals surface area (Å²) in [4.78, 5) is 27.1. The summed E-state index contributed by atoms with van der Waals surface area (Å²) in [6, 6.07) is 11.3. The number of esters is 1. The Morgan fingerprint density at radius 2 is 1.92 bits per heavy atom. The molecule has 0 radical (unpaired) electrons. The number of methoxy groups -OCH3 is 1. The molecule has 2 rings (SSSR count). The van der Waals surface area contributed by atoms with Crippen LogP contribution in [0.3, 0.4) is 0 Å². The highest BCUT2D eigenvalue weighted by molar-refractivity contribution is 7.98. The van der Waals surface area contributed by atoms with Gasteiger partial charge in [0.05, 0.1) is 12.0 Å². The molecular formula is C24H30N4O8S2. The highest BCUT2D eigenvalue weighted by Crippen LogP contribution is 2.20. The highest BCUT2D eigenvalue weighted by Gasteiger charge is 2.25. The van der Waals surface area contributed by atoms with Crippen LogP contribution in [0.15, 0.2) is 58.5 Å². The minimum atomic E-state index is -3.88. The number of ether oxygens (including phenoxy) is 2. The number of azide groups is 1. The average molecular weight is 567 g/mol. The Hall–Kier alpha value is -3.29. The summed E-state index contributed by atoms with van der Waals surface area (Å²) < 4.78 is 39.9. The summed E-state index contributed by atoms with van der Waals surface area (Å²) in [7, 11) is -2.68. The van der Waals surface area contributed by atoms with Gasteiger partial charge in [-0.2, -0.15) is 20.2 Å². The van der Waals surface area contributed by atoms with Crippen molar-refractivity contribution < 1.29 is 36.8 Å². The molecule has 0 aliphatic carbocycles. The number of nitrogens with zero attached hydrogens (tertiary/aromatic N) is 3. The van der Waals surface area contributed by atoms with Gasteiger partial charge in [0.1, 0.15) is 31.0 Å². The Morgan fingerprint density at radius 1 is 1.18 bits per heavy atom. The third kappa shape index (κ3) is 10.2. The number of benzene rings is 2. The van der Waals surface area contributed by atoms with Gasteiger partial charge in [0, 0.05) is 23.0 Å². The van der Waals surface area contributed by atoms with Crippen LogP contribution in [0.4, 0.5) is 0 Å². The predicted octanol–water partition coefficient (Wildman–Crippen LogP) is 2.73. The van der Waals surface area contributed by atoms with Gasteiger partial charge in [-0.05, 0) is 48.7 Å². The first-order chi connectivity index (χ1) is 18.2. The lowest BCUT2D eigenvalue weighted by molar-refractivity contribution is -0.144. The van der Waals surface area contributed by atoms with E-state index >= 15 is 0 Å². The van der Waals surface area contributed by atoms with E-state index in [-0.39, 0.29) is 36.9 Å². The van der Waals surface area contributed by atoms with Crippen molar-refractivity contribution in [1.82, 2.24) is 5.32 Å². The lowest BCUT2D eigenvalue weighted by Crippen LogP contribution is -2.47. The van der Waals surface area contributed by atoms with Gasteiger partial charge in [-0.25, -0.2) is 4.79 Å². The second-order valence-electron chi connectivity index (χ2n) is 7.92. The molecule has 0 unspecified atom stereocenters. The van der Waals surface area contributed by atoms with Crippen molar-refractivity contribution in [2.75, 3.05) is 32.7 Å². The molecule has 0 spiro atoms. The first-order valence-electron chi connectivity index (χ1n) is 11.5. The van der Waals surface area contributed by atoms with Crippen LogP contribution in [0.5, 0.6) is 5.75 Å². The van der Waals surface area contributed by atoms with E-state index in [2.05, 4.69) is 15.3 Å². The molecule has 206 valence electrons. The zero-order chi connectivity index (χ0) is 28.0. The quantitative estimate of drug-likeness (QED) is 0.0772. The smallest absolute Gasteiger partial charge is 0.329 e. The number of carbonyl (C=O) groups is 2. The minimum Gasteiger partial charge on any atom is -0.491 e. The Labute approximate surface area is 225 Å². The molecule has 0 aliphatic heterocycles. The van der Waals surface area contributed by atoms with Gasteiger partial charge in [-0.15, -0.1) is 0 Å². The van der Waals surface area contributed by atoms with Crippen LogP contribution in [0.25, 0.3) is 10.4 Å². The highest BCUT2D eigenvalue weighted by atomic mass is 32.2. The van der Waals surface area contributed by atoms with Gasteiger partial charge in [0.15, 0.2) is 0 Å². The van der Waals surface area contributed by atoms with Crippen molar-refractivity contribution in [1.29, 1.82) is 0 Å². The number of carbonyl (C=O) groups excluding carboxylic acids is 2. The maximum absolute atomic E-state index is 12.3. The van der Waals surface area contributed by atoms with Gasteiger partial charge in [-0.1, -0.05) is 34.9 Å². The second kappa shape index (κ2) is 15.8. The normalized spacial score (nSPS) is 12.6. The first kappa shape index (κ1) is 30.9. The molecule has 2 aromatic rings. The van der Waals surface area contributed by atoms with Crippen molar-refractivity contribution >= 4 is 33.8 Å². The van der Waals surface area contributed by atoms with Crippen LogP contribution in [0.2, 0.25) is 0 Å². The summed E-state index contributed by atoms with van der Waals surface area (Å²) in [5, 5.41) is 14.9. The fourth-order valence-electron chi connectivity index (χ4n) is 3.10. The van der Waals surface area contributed by atoms with Crippen LogP contribution in [-0.2, 0) is 34.4 Å². The number of amides is 1. The topological polar surface area (TPSA) is 177 Å². The molecule has 0 heterocycles. The molecule has 2 atom stereocenters. The summed E-state index contributed by atoms with van der Waals surface area (Å²) in [5.74, 6) is -0.188. The molecule has 14 heteroatoms. The van der Waals surface area contributed by atoms with Gasteiger partial charge in [0.2, 0.25) is 5.91 Å². The van der Waals surface area contributed by atoms with Crippen molar-refractivity contribution in [2.45, 2.75) is 36.1 Å². The van der Waals surface area contributed by atoms with E-state index in [0.29, 0.717) is 11.5 Å². The molecular weight excluding hydrogens is 536 g/mol. The van der Waals surface area contributed by atoms with Crippen molar-refractivity contribution in [3.05, 3.63) is 70.1 Å². The maximum Gasteiger partial charge on any atom is 0.329 e. The van der Waals surface area contributed by atoms with E-state index in [1.165, 1.54) is 31.0 Å². The fourth-order valence-corrected chi connectivity index (χ4v) is 4.98. The lowest BCUT2D eigenvalue weighted by Gasteiger charge is -2.18. The number of aryl methyl sites for hydroxylation is 1. The van der Waals surface area contributed by atoms with E-state index in [0.717, 1.165) is 11.1 Å². The number of hydrogen-bond donors (Lipinski definition) is 2. The number of rotatable bonds is 16. The fraction of sp³-hybridized carbons (Fsp3) is 0.417.